The van der Waals surface area contributed by atoms with Crippen molar-refractivity contribution in [3.63, 3.8) is 0 Å². The topological polar surface area (TPSA) is 26.3 Å². The summed E-state index contributed by atoms with van der Waals surface area (Å²) in [7, 11) is 0. The molecule has 1 aromatic carbocycles. The van der Waals surface area contributed by atoms with E-state index >= 15 is 0 Å². The van der Waals surface area contributed by atoms with E-state index in [4.69, 9.17) is 4.74 Å². The van der Waals surface area contributed by atoms with Crippen LogP contribution in [0, 0.1) is 5.92 Å². The minimum atomic E-state index is 0.0295. The molecule has 17 heavy (non-hydrogen) atoms. The van der Waals surface area contributed by atoms with Crippen molar-refractivity contribution < 1.29 is 9.53 Å². The molecule has 0 N–H and O–H groups in total. The lowest BCUT2D eigenvalue weighted by Gasteiger charge is -2.14. The Kier molecular flexibility index (Phi) is 5.86. The maximum absolute atomic E-state index is 11.8. The van der Waals surface area contributed by atoms with Crippen LogP contribution in [-0.2, 0) is 4.74 Å². The average molecular weight is 299 g/mol. The molecule has 0 saturated heterocycles. The first-order valence-electron chi connectivity index (χ1n) is 5.89. The lowest BCUT2D eigenvalue weighted by molar-refractivity contribution is 0.0445. The molecule has 0 aromatic heterocycles. The van der Waals surface area contributed by atoms with E-state index in [2.05, 4.69) is 29.8 Å². The smallest absolute Gasteiger partial charge is 0.188 e. The maximum Gasteiger partial charge on any atom is 0.188 e. The molecule has 0 saturated carbocycles. The second-order valence-electron chi connectivity index (χ2n) is 4.68. The molecule has 0 aliphatic heterocycles. The predicted octanol–water partition coefficient (Wildman–Crippen LogP) is 4.08. The molecular weight excluding hydrogens is 280 g/mol. The number of rotatable bonds is 6. The fourth-order valence-corrected chi connectivity index (χ4v) is 2.09. The van der Waals surface area contributed by atoms with Gasteiger partial charge in [0.15, 0.2) is 5.78 Å². The Balaban J connectivity index is 2.45. The Labute approximate surface area is 111 Å². The molecule has 3 heteroatoms. The third-order valence-electron chi connectivity index (χ3n) is 2.45. The molecule has 1 aromatic rings. The molecule has 0 spiro atoms. The van der Waals surface area contributed by atoms with E-state index in [9.17, 15) is 4.79 Å². The van der Waals surface area contributed by atoms with Crippen LogP contribution in [-0.4, -0.2) is 18.5 Å². The summed E-state index contributed by atoms with van der Waals surface area (Å²) >= 11 is 3.35. The highest BCUT2D eigenvalue weighted by atomic mass is 79.9. The van der Waals surface area contributed by atoms with Gasteiger partial charge in [-0.1, -0.05) is 41.9 Å². The third-order valence-corrected chi connectivity index (χ3v) is 2.94. The summed E-state index contributed by atoms with van der Waals surface area (Å²) in [5.74, 6) is 0.618. The van der Waals surface area contributed by atoms with Crippen LogP contribution in [0.4, 0.5) is 0 Å². The lowest BCUT2D eigenvalue weighted by Crippen LogP contribution is -2.17. The van der Waals surface area contributed by atoms with E-state index in [0.29, 0.717) is 11.5 Å². The molecular formula is C14H19BrO2. The first-order chi connectivity index (χ1) is 7.99. The highest BCUT2D eigenvalue weighted by Crippen LogP contribution is 2.13. The number of benzene rings is 1. The van der Waals surface area contributed by atoms with Crippen LogP contribution in [0.5, 0.6) is 0 Å². The molecule has 0 radical (unpaired) electrons. The number of halogens is 1. The number of hydrogen-bond donors (Lipinski definition) is 0. The molecule has 0 fully saturated rings. The fraction of sp³-hybridized carbons (Fsp3) is 0.500. The van der Waals surface area contributed by atoms with E-state index in [-0.39, 0.29) is 18.5 Å². The van der Waals surface area contributed by atoms with Crippen LogP contribution in [0.15, 0.2) is 28.7 Å². The zero-order chi connectivity index (χ0) is 12.8. The molecule has 1 unspecified atom stereocenters. The molecule has 0 aliphatic carbocycles. The van der Waals surface area contributed by atoms with Crippen molar-refractivity contribution in [2.24, 2.45) is 5.92 Å². The van der Waals surface area contributed by atoms with Crippen LogP contribution in [0.3, 0.4) is 0 Å². The van der Waals surface area contributed by atoms with Gasteiger partial charge < -0.3 is 4.74 Å². The van der Waals surface area contributed by atoms with E-state index in [1.807, 2.05) is 31.2 Å². The Bertz CT molecular complexity index is 374. The van der Waals surface area contributed by atoms with E-state index < -0.39 is 0 Å². The Hall–Kier alpha value is -0.670. The van der Waals surface area contributed by atoms with Gasteiger partial charge in [-0.3, -0.25) is 4.79 Å². The van der Waals surface area contributed by atoms with Gasteiger partial charge in [-0.05, 0) is 31.4 Å². The summed E-state index contributed by atoms with van der Waals surface area (Å²) in [5, 5.41) is 0. The van der Waals surface area contributed by atoms with E-state index in [1.165, 1.54) is 0 Å². The molecule has 2 nitrogen and oxygen atoms in total. The van der Waals surface area contributed by atoms with Gasteiger partial charge in [0.05, 0.1) is 6.10 Å². The van der Waals surface area contributed by atoms with Crippen LogP contribution < -0.4 is 0 Å². The number of Topliss-reactive ketones (excluding diaryl/α,β-unsaturated/α-hetero) is 1. The van der Waals surface area contributed by atoms with Crippen molar-refractivity contribution in [2.75, 3.05) is 6.61 Å². The molecule has 0 amide bonds. The van der Waals surface area contributed by atoms with Crippen molar-refractivity contribution in [3.05, 3.63) is 34.3 Å². The quantitative estimate of drug-likeness (QED) is 0.740. The Morgan fingerprint density at radius 1 is 1.35 bits per heavy atom. The van der Waals surface area contributed by atoms with Crippen LogP contribution in [0.2, 0.25) is 0 Å². The van der Waals surface area contributed by atoms with Gasteiger partial charge in [-0.2, -0.15) is 0 Å². The molecule has 0 aliphatic rings. The summed E-state index contributed by atoms with van der Waals surface area (Å²) in [5.41, 5.74) is 0.691. The highest BCUT2D eigenvalue weighted by Gasteiger charge is 2.10. The average Bonchev–Trinajstić information content (AvgIpc) is 2.25. The van der Waals surface area contributed by atoms with Gasteiger partial charge in [-0.15, -0.1) is 0 Å². The summed E-state index contributed by atoms with van der Waals surface area (Å²) in [6, 6.07) is 7.39. The normalized spacial score (nSPS) is 12.8. The molecule has 1 rings (SSSR count). The van der Waals surface area contributed by atoms with Crippen molar-refractivity contribution in [1.82, 2.24) is 0 Å². The second-order valence-corrected chi connectivity index (χ2v) is 5.60. The minimum Gasteiger partial charge on any atom is -0.370 e. The summed E-state index contributed by atoms with van der Waals surface area (Å²) < 4.78 is 6.46. The summed E-state index contributed by atoms with van der Waals surface area (Å²) in [4.78, 5) is 11.8. The number of ketones is 1. The monoisotopic (exact) mass is 298 g/mol. The lowest BCUT2D eigenvalue weighted by atomic mass is 10.1. The van der Waals surface area contributed by atoms with Gasteiger partial charge in [-0.25, -0.2) is 0 Å². The van der Waals surface area contributed by atoms with Gasteiger partial charge in [0.1, 0.15) is 6.61 Å². The van der Waals surface area contributed by atoms with Gasteiger partial charge in [0.2, 0.25) is 0 Å². The zero-order valence-electron chi connectivity index (χ0n) is 10.6. The van der Waals surface area contributed by atoms with Crippen molar-refractivity contribution in [1.29, 1.82) is 0 Å². The fourth-order valence-electron chi connectivity index (χ4n) is 1.70. The zero-order valence-corrected chi connectivity index (χ0v) is 12.2. The summed E-state index contributed by atoms with van der Waals surface area (Å²) in [6.45, 7) is 6.46. The predicted molar refractivity (Wildman–Crippen MR) is 73.3 cm³/mol. The minimum absolute atomic E-state index is 0.0295. The van der Waals surface area contributed by atoms with Crippen molar-refractivity contribution >= 4 is 21.7 Å². The van der Waals surface area contributed by atoms with Crippen LogP contribution in [0.1, 0.15) is 37.6 Å². The number of ether oxygens (including phenoxy) is 1. The number of hydrogen-bond acceptors (Lipinski definition) is 2. The first-order valence-corrected chi connectivity index (χ1v) is 6.68. The van der Waals surface area contributed by atoms with Crippen LogP contribution in [0.25, 0.3) is 0 Å². The van der Waals surface area contributed by atoms with Gasteiger partial charge in [0.25, 0.3) is 0 Å². The van der Waals surface area contributed by atoms with E-state index in [1.54, 1.807) is 0 Å². The van der Waals surface area contributed by atoms with Crippen molar-refractivity contribution in [3.8, 4) is 0 Å². The molecule has 1 atom stereocenters. The standard InChI is InChI=1S/C14H19BrO2/c1-10(2)7-11(3)17-9-14(16)12-5-4-6-13(15)8-12/h4-6,8,10-11H,7,9H2,1-3H3. The highest BCUT2D eigenvalue weighted by molar-refractivity contribution is 9.10. The Morgan fingerprint density at radius 3 is 2.65 bits per heavy atom. The van der Waals surface area contributed by atoms with Crippen LogP contribution >= 0.6 is 15.9 Å². The maximum atomic E-state index is 11.8. The first kappa shape index (κ1) is 14.4. The molecule has 0 heterocycles. The van der Waals surface area contributed by atoms with Crippen molar-refractivity contribution in [2.45, 2.75) is 33.3 Å². The molecule has 94 valence electrons. The second kappa shape index (κ2) is 6.92. The third kappa shape index (κ3) is 5.46. The Morgan fingerprint density at radius 2 is 2.06 bits per heavy atom. The number of carbonyl (C=O) groups excluding carboxylic acids is 1. The largest absolute Gasteiger partial charge is 0.370 e. The van der Waals surface area contributed by atoms with Gasteiger partial charge >= 0.3 is 0 Å². The van der Waals surface area contributed by atoms with E-state index in [0.717, 1.165) is 10.9 Å². The number of carbonyl (C=O) groups is 1. The van der Waals surface area contributed by atoms with Gasteiger partial charge in [0, 0.05) is 10.0 Å². The SMILES string of the molecule is CC(C)CC(C)OCC(=O)c1cccc(Br)c1. The molecule has 0 bridgehead atoms. The summed E-state index contributed by atoms with van der Waals surface area (Å²) in [6.07, 6.45) is 1.11.